The summed E-state index contributed by atoms with van der Waals surface area (Å²) in [6.07, 6.45) is 1.07. The van der Waals surface area contributed by atoms with Crippen molar-refractivity contribution < 1.29 is 4.79 Å². The minimum atomic E-state index is 0.130. The molecule has 1 atom stereocenters. The molecule has 0 spiro atoms. The summed E-state index contributed by atoms with van der Waals surface area (Å²) in [5, 5.41) is 0. The summed E-state index contributed by atoms with van der Waals surface area (Å²) in [6, 6.07) is 8.15. The van der Waals surface area contributed by atoms with Gasteiger partial charge in [-0.3, -0.25) is 4.79 Å². The quantitative estimate of drug-likeness (QED) is 0.776. The standard InChI is InChI=1S/C14H20N2O/c1-11-4-6-12(7-5-11)14(17)16(3)13-8-9-15(2)10-13/h4-7,13H,8-10H2,1-3H3. The van der Waals surface area contributed by atoms with Gasteiger partial charge in [0.05, 0.1) is 0 Å². The summed E-state index contributed by atoms with van der Waals surface area (Å²) in [5.41, 5.74) is 1.97. The van der Waals surface area contributed by atoms with Crippen LogP contribution in [0.2, 0.25) is 0 Å². The fraction of sp³-hybridized carbons (Fsp3) is 0.500. The van der Waals surface area contributed by atoms with Crippen LogP contribution in [0.15, 0.2) is 24.3 Å². The molecule has 0 N–H and O–H groups in total. The first-order valence-electron chi connectivity index (χ1n) is 6.10. The lowest BCUT2D eigenvalue weighted by Gasteiger charge is -2.24. The van der Waals surface area contributed by atoms with Crippen molar-refractivity contribution in [1.29, 1.82) is 0 Å². The molecule has 1 aromatic carbocycles. The molecule has 1 aliphatic heterocycles. The van der Waals surface area contributed by atoms with Gasteiger partial charge in [-0.05, 0) is 39.1 Å². The average Bonchev–Trinajstić information content (AvgIpc) is 2.75. The molecule has 0 aliphatic carbocycles. The van der Waals surface area contributed by atoms with Gasteiger partial charge in [-0.15, -0.1) is 0 Å². The van der Waals surface area contributed by atoms with E-state index in [9.17, 15) is 4.79 Å². The fourth-order valence-corrected chi connectivity index (χ4v) is 2.29. The molecule has 17 heavy (non-hydrogen) atoms. The van der Waals surface area contributed by atoms with E-state index < -0.39 is 0 Å². The van der Waals surface area contributed by atoms with Crippen LogP contribution in [0.25, 0.3) is 0 Å². The zero-order valence-electron chi connectivity index (χ0n) is 10.8. The van der Waals surface area contributed by atoms with Crippen molar-refractivity contribution in [3.05, 3.63) is 35.4 Å². The molecule has 1 aliphatic rings. The number of nitrogens with zero attached hydrogens (tertiary/aromatic N) is 2. The monoisotopic (exact) mass is 232 g/mol. The van der Waals surface area contributed by atoms with E-state index in [2.05, 4.69) is 11.9 Å². The molecule has 1 saturated heterocycles. The molecule has 0 bridgehead atoms. The van der Waals surface area contributed by atoms with Crippen LogP contribution >= 0.6 is 0 Å². The van der Waals surface area contributed by atoms with Crippen molar-refractivity contribution in [2.75, 3.05) is 27.2 Å². The molecule has 0 radical (unpaired) electrons. The van der Waals surface area contributed by atoms with Gasteiger partial charge in [-0.1, -0.05) is 17.7 Å². The maximum atomic E-state index is 12.3. The van der Waals surface area contributed by atoms with E-state index in [1.54, 1.807) is 0 Å². The number of carbonyl (C=O) groups is 1. The van der Waals surface area contributed by atoms with Gasteiger partial charge in [-0.2, -0.15) is 0 Å². The van der Waals surface area contributed by atoms with Gasteiger partial charge in [0.15, 0.2) is 0 Å². The molecule has 0 saturated carbocycles. The normalized spacial score (nSPS) is 20.5. The Morgan fingerprint density at radius 3 is 2.53 bits per heavy atom. The molecule has 1 unspecified atom stereocenters. The van der Waals surface area contributed by atoms with Gasteiger partial charge < -0.3 is 9.80 Å². The third-order valence-corrected chi connectivity index (χ3v) is 3.53. The summed E-state index contributed by atoms with van der Waals surface area (Å²) in [5.74, 6) is 0.130. The molecule has 1 heterocycles. The Labute approximate surface area is 103 Å². The Kier molecular flexibility index (Phi) is 3.48. The first-order chi connectivity index (χ1) is 8.08. The van der Waals surface area contributed by atoms with Crippen LogP contribution in [-0.4, -0.2) is 48.9 Å². The van der Waals surface area contributed by atoms with Crippen LogP contribution in [0.5, 0.6) is 0 Å². The zero-order valence-corrected chi connectivity index (χ0v) is 10.8. The second kappa shape index (κ2) is 4.88. The molecule has 92 valence electrons. The van der Waals surface area contributed by atoms with Crippen molar-refractivity contribution in [1.82, 2.24) is 9.80 Å². The predicted molar refractivity (Wildman–Crippen MR) is 69.2 cm³/mol. The van der Waals surface area contributed by atoms with Gasteiger partial charge in [0.1, 0.15) is 0 Å². The highest BCUT2D eigenvalue weighted by atomic mass is 16.2. The third-order valence-electron chi connectivity index (χ3n) is 3.53. The SMILES string of the molecule is Cc1ccc(C(=O)N(C)C2CCN(C)C2)cc1. The number of benzene rings is 1. The highest BCUT2D eigenvalue weighted by Gasteiger charge is 2.26. The largest absolute Gasteiger partial charge is 0.337 e. The van der Waals surface area contributed by atoms with Crippen molar-refractivity contribution in [2.45, 2.75) is 19.4 Å². The molecular formula is C14H20N2O. The van der Waals surface area contributed by atoms with Crippen molar-refractivity contribution in [3.63, 3.8) is 0 Å². The van der Waals surface area contributed by atoms with E-state index in [-0.39, 0.29) is 5.91 Å². The Morgan fingerprint density at radius 1 is 1.35 bits per heavy atom. The van der Waals surface area contributed by atoms with Crippen LogP contribution in [-0.2, 0) is 0 Å². The number of likely N-dealkylation sites (tertiary alicyclic amines) is 1. The Hall–Kier alpha value is -1.35. The molecule has 1 aromatic rings. The molecule has 0 aromatic heterocycles. The van der Waals surface area contributed by atoms with E-state index in [4.69, 9.17) is 0 Å². The second-order valence-electron chi connectivity index (χ2n) is 4.99. The number of rotatable bonds is 2. The van der Waals surface area contributed by atoms with Crippen molar-refractivity contribution in [2.24, 2.45) is 0 Å². The molecule has 1 fully saturated rings. The van der Waals surface area contributed by atoms with Crippen LogP contribution in [0.4, 0.5) is 0 Å². The van der Waals surface area contributed by atoms with Gasteiger partial charge in [0, 0.05) is 25.2 Å². The lowest BCUT2D eigenvalue weighted by Crippen LogP contribution is -2.38. The number of hydrogen-bond acceptors (Lipinski definition) is 2. The van der Waals surface area contributed by atoms with Gasteiger partial charge in [0.2, 0.25) is 0 Å². The summed E-state index contributed by atoms with van der Waals surface area (Å²) in [6.45, 7) is 4.09. The topological polar surface area (TPSA) is 23.6 Å². The second-order valence-corrected chi connectivity index (χ2v) is 4.99. The van der Waals surface area contributed by atoms with E-state index >= 15 is 0 Å². The lowest BCUT2D eigenvalue weighted by molar-refractivity contribution is 0.0737. The molecule has 3 heteroatoms. The minimum Gasteiger partial charge on any atom is -0.337 e. The highest BCUT2D eigenvalue weighted by Crippen LogP contribution is 2.15. The summed E-state index contributed by atoms with van der Waals surface area (Å²) >= 11 is 0. The summed E-state index contributed by atoms with van der Waals surface area (Å²) < 4.78 is 0. The van der Waals surface area contributed by atoms with Gasteiger partial charge in [0.25, 0.3) is 5.91 Å². The van der Waals surface area contributed by atoms with Crippen molar-refractivity contribution >= 4 is 5.91 Å². The first kappa shape index (κ1) is 12.1. The Balaban J connectivity index is 2.06. The Bertz CT molecular complexity index is 399. The highest BCUT2D eigenvalue weighted by molar-refractivity contribution is 5.94. The van der Waals surface area contributed by atoms with Gasteiger partial charge >= 0.3 is 0 Å². The summed E-state index contributed by atoms with van der Waals surface area (Å²) in [4.78, 5) is 16.4. The summed E-state index contributed by atoms with van der Waals surface area (Å²) in [7, 11) is 4.01. The van der Waals surface area contributed by atoms with E-state index in [1.165, 1.54) is 5.56 Å². The third kappa shape index (κ3) is 2.67. The average molecular weight is 232 g/mol. The number of aryl methyl sites for hydroxylation is 1. The number of amides is 1. The van der Waals surface area contributed by atoms with E-state index in [0.29, 0.717) is 6.04 Å². The van der Waals surface area contributed by atoms with Gasteiger partial charge in [-0.25, -0.2) is 0 Å². The minimum absolute atomic E-state index is 0.130. The number of likely N-dealkylation sites (N-methyl/N-ethyl adjacent to an activating group) is 2. The van der Waals surface area contributed by atoms with Crippen LogP contribution in [0, 0.1) is 6.92 Å². The van der Waals surface area contributed by atoms with Crippen molar-refractivity contribution in [3.8, 4) is 0 Å². The maximum absolute atomic E-state index is 12.3. The zero-order chi connectivity index (χ0) is 12.4. The molecule has 2 rings (SSSR count). The van der Waals surface area contributed by atoms with Crippen LogP contribution in [0.3, 0.4) is 0 Å². The maximum Gasteiger partial charge on any atom is 0.253 e. The number of carbonyl (C=O) groups excluding carboxylic acids is 1. The fourth-order valence-electron chi connectivity index (χ4n) is 2.29. The smallest absolute Gasteiger partial charge is 0.253 e. The van der Waals surface area contributed by atoms with Crippen LogP contribution < -0.4 is 0 Å². The predicted octanol–water partition coefficient (Wildman–Crippen LogP) is 1.77. The molecular weight excluding hydrogens is 212 g/mol. The Morgan fingerprint density at radius 2 is 2.00 bits per heavy atom. The van der Waals surface area contributed by atoms with E-state index in [1.807, 2.05) is 43.1 Å². The molecule has 3 nitrogen and oxygen atoms in total. The molecule has 1 amide bonds. The first-order valence-corrected chi connectivity index (χ1v) is 6.10. The number of hydrogen-bond donors (Lipinski definition) is 0. The van der Waals surface area contributed by atoms with Crippen LogP contribution in [0.1, 0.15) is 22.3 Å². The van der Waals surface area contributed by atoms with E-state index in [0.717, 1.165) is 25.1 Å². The lowest BCUT2D eigenvalue weighted by atomic mass is 10.1.